The van der Waals surface area contributed by atoms with Crippen LogP contribution in [-0.4, -0.2) is 40.0 Å². The van der Waals surface area contributed by atoms with E-state index in [1.807, 2.05) is 0 Å². The molecule has 0 aromatic heterocycles. The summed E-state index contributed by atoms with van der Waals surface area (Å²) in [7, 11) is -0.326. The van der Waals surface area contributed by atoms with E-state index in [-0.39, 0.29) is 4.90 Å². The maximum absolute atomic E-state index is 12.3. The fraction of sp³-hybridized carbons (Fsp3) is 0.500. The minimum atomic E-state index is -3.48. The second-order valence-electron chi connectivity index (χ2n) is 4.04. The molecule has 0 atom stereocenters. The summed E-state index contributed by atoms with van der Waals surface area (Å²) in [5.74, 6) is 0. The zero-order chi connectivity index (χ0) is 13.8. The van der Waals surface area contributed by atoms with Crippen molar-refractivity contribution in [3.05, 3.63) is 28.8 Å². The number of benzene rings is 1. The molecule has 0 aliphatic carbocycles. The van der Waals surface area contributed by atoms with Crippen molar-refractivity contribution in [1.82, 2.24) is 4.31 Å². The van der Waals surface area contributed by atoms with Gasteiger partial charge in [0.15, 0.2) is 0 Å². The molecule has 0 aliphatic heterocycles. The van der Waals surface area contributed by atoms with Crippen molar-refractivity contribution in [2.24, 2.45) is 0 Å². The number of halogens is 1. The van der Waals surface area contributed by atoms with Gasteiger partial charge >= 0.3 is 0 Å². The van der Waals surface area contributed by atoms with Gasteiger partial charge in [-0.15, -0.1) is 0 Å². The lowest BCUT2D eigenvalue weighted by molar-refractivity contribution is 0.189. The topological polar surface area (TPSA) is 46.6 Å². The van der Waals surface area contributed by atoms with Crippen molar-refractivity contribution in [2.45, 2.75) is 18.2 Å². The molecule has 102 valence electrons. The predicted octanol–water partition coefficient (Wildman–Crippen LogP) is 2.31. The molecule has 0 aliphatic rings. The highest BCUT2D eigenvalue weighted by molar-refractivity contribution is 7.89. The van der Waals surface area contributed by atoms with Gasteiger partial charge in [-0.1, -0.05) is 17.7 Å². The Hall–Kier alpha value is -0.620. The highest BCUT2D eigenvalue weighted by atomic mass is 35.5. The fourth-order valence-corrected chi connectivity index (χ4v) is 3.27. The standard InChI is InChI=1S/C12H18ClNO3S/c1-10-11(13)6-4-7-12(10)18(15,16)14(2)8-5-9-17-3/h4,6-7H,5,8-9H2,1-3H3. The molecule has 0 spiro atoms. The van der Waals surface area contributed by atoms with Gasteiger partial charge in [-0.25, -0.2) is 12.7 Å². The molecule has 0 saturated heterocycles. The van der Waals surface area contributed by atoms with Gasteiger partial charge in [0, 0.05) is 32.3 Å². The number of methoxy groups -OCH3 is 1. The van der Waals surface area contributed by atoms with E-state index in [4.69, 9.17) is 16.3 Å². The zero-order valence-corrected chi connectivity index (χ0v) is 12.4. The second kappa shape index (κ2) is 6.52. The second-order valence-corrected chi connectivity index (χ2v) is 6.46. The lowest BCUT2D eigenvalue weighted by Gasteiger charge is -2.18. The minimum absolute atomic E-state index is 0.259. The van der Waals surface area contributed by atoms with Gasteiger partial charge in [-0.05, 0) is 31.0 Å². The van der Waals surface area contributed by atoms with Crippen molar-refractivity contribution in [3.63, 3.8) is 0 Å². The summed E-state index contributed by atoms with van der Waals surface area (Å²) < 4.78 is 30.9. The highest BCUT2D eigenvalue weighted by Crippen LogP contribution is 2.24. The van der Waals surface area contributed by atoms with Gasteiger partial charge in [0.25, 0.3) is 0 Å². The number of sulfonamides is 1. The SMILES string of the molecule is COCCCN(C)S(=O)(=O)c1cccc(Cl)c1C. The molecule has 18 heavy (non-hydrogen) atoms. The molecule has 0 bridgehead atoms. The predicted molar refractivity (Wildman–Crippen MR) is 72.5 cm³/mol. The van der Waals surface area contributed by atoms with Crippen LogP contribution in [0.3, 0.4) is 0 Å². The summed E-state index contributed by atoms with van der Waals surface area (Å²) in [5, 5.41) is 0.460. The first-order valence-corrected chi connectivity index (χ1v) is 7.43. The summed E-state index contributed by atoms with van der Waals surface area (Å²) in [6.07, 6.45) is 0.659. The van der Waals surface area contributed by atoms with Crippen LogP contribution < -0.4 is 0 Å². The molecule has 0 saturated carbocycles. The lowest BCUT2D eigenvalue weighted by Crippen LogP contribution is -2.29. The molecule has 1 aromatic rings. The van der Waals surface area contributed by atoms with Crippen molar-refractivity contribution in [3.8, 4) is 0 Å². The smallest absolute Gasteiger partial charge is 0.243 e. The summed E-state index contributed by atoms with van der Waals surface area (Å²) in [5.41, 5.74) is 0.581. The first-order valence-electron chi connectivity index (χ1n) is 5.61. The van der Waals surface area contributed by atoms with Crippen LogP contribution >= 0.6 is 11.6 Å². The lowest BCUT2D eigenvalue weighted by atomic mass is 10.2. The summed E-state index contributed by atoms with van der Waals surface area (Å²) >= 11 is 5.95. The van der Waals surface area contributed by atoms with Crippen LogP contribution in [0, 0.1) is 6.92 Å². The van der Waals surface area contributed by atoms with Crippen LogP contribution in [0.1, 0.15) is 12.0 Å². The maximum Gasteiger partial charge on any atom is 0.243 e. The molecular weight excluding hydrogens is 274 g/mol. The third-order valence-corrected chi connectivity index (χ3v) is 5.14. The van der Waals surface area contributed by atoms with Crippen LogP contribution in [-0.2, 0) is 14.8 Å². The van der Waals surface area contributed by atoms with Gasteiger partial charge in [0.05, 0.1) is 4.90 Å². The van der Waals surface area contributed by atoms with Crippen molar-refractivity contribution < 1.29 is 13.2 Å². The number of rotatable bonds is 6. The van der Waals surface area contributed by atoms with Gasteiger partial charge in [0.1, 0.15) is 0 Å². The van der Waals surface area contributed by atoms with E-state index >= 15 is 0 Å². The molecule has 0 unspecified atom stereocenters. The molecule has 0 heterocycles. The van der Waals surface area contributed by atoms with Crippen LogP contribution in [0.15, 0.2) is 23.1 Å². The van der Waals surface area contributed by atoms with Crippen LogP contribution in [0.4, 0.5) is 0 Å². The monoisotopic (exact) mass is 291 g/mol. The Kier molecular flexibility index (Phi) is 5.59. The van der Waals surface area contributed by atoms with E-state index in [9.17, 15) is 8.42 Å². The third kappa shape index (κ3) is 3.45. The average Bonchev–Trinajstić information content (AvgIpc) is 2.32. The molecule has 0 fully saturated rings. The Bertz CT molecular complexity index is 502. The van der Waals surface area contributed by atoms with Crippen molar-refractivity contribution >= 4 is 21.6 Å². The van der Waals surface area contributed by atoms with E-state index in [2.05, 4.69) is 0 Å². The number of hydrogen-bond donors (Lipinski definition) is 0. The van der Waals surface area contributed by atoms with Gasteiger partial charge in [-0.2, -0.15) is 0 Å². The maximum atomic E-state index is 12.3. The summed E-state index contributed by atoms with van der Waals surface area (Å²) in [4.78, 5) is 0.259. The normalized spacial score (nSPS) is 12.1. The van der Waals surface area contributed by atoms with Crippen molar-refractivity contribution in [1.29, 1.82) is 0 Å². The minimum Gasteiger partial charge on any atom is -0.385 e. The summed E-state index contributed by atoms with van der Waals surface area (Å²) in [6.45, 7) is 2.66. The fourth-order valence-electron chi connectivity index (χ4n) is 1.59. The van der Waals surface area contributed by atoms with Gasteiger partial charge in [-0.3, -0.25) is 0 Å². The largest absolute Gasteiger partial charge is 0.385 e. The van der Waals surface area contributed by atoms with Crippen LogP contribution in [0.5, 0.6) is 0 Å². The van der Waals surface area contributed by atoms with Gasteiger partial charge in [0.2, 0.25) is 10.0 Å². The Labute approximate surface area is 114 Å². The van der Waals surface area contributed by atoms with E-state index in [1.165, 1.54) is 4.31 Å². The van der Waals surface area contributed by atoms with Crippen LogP contribution in [0.2, 0.25) is 5.02 Å². The molecule has 0 amide bonds. The van der Waals surface area contributed by atoms with E-state index < -0.39 is 10.0 Å². The van der Waals surface area contributed by atoms with E-state index in [0.717, 1.165) is 0 Å². The zero-order valence-electron chi connectivity index (χ0n) is 10.8. The quantitative estimate of drug-likeness (QED) is 0.756. The van der Waals surface area contributed by atoms with Gasteiger partial charge < -0.3 is 4.74 Å². The Morgan fingerprint density at radius 1 is 1.39 bits per heavy atom. The molecule has 0 radical (unpaired) electrons. The number of hydrogen-bond acceptors (Lipinski definition) is 3. The van der Waals surface area contributed by atoms with E-state index in [0.29, 0.717) is 30.2 Å². The Balaban J connectivity index is 2.95. The number of nitrogens with zero attached hydrogens (tertiary/aromatic N) is 1. The number of ether oxygens (including phenoxy) is 1. The molecule has 4 nitrogen and oxygen atoms in total. The first-order chi connectivity index (χ1) is 8.41. The molecule has 1 aromatic carbocycles. The van der Waals surface area contributed by atoms with E-state index in [1.54, 1.807) is 39.3 Å². The first kappa shape index (κ1) is 15.4. The highest BCUT2D eigenvalue weighted by Gasteiger charge is 2.22. The Morgan fingerprint density at radius 2 is 2.06 bits per heavy atom. The molecule has 0 N–H and O–H groups in total. The van der Waals surface area contributed by atoms with Crippen LogP contribution in [0.25, 0.3) is 0 Å². The molecular formula is C12H18ClNO3S. The Morgan fingerprint density at radius 3 is 2.67 bits per heavy atom. The van der Waals surface area contributed by atoms with Crippen molar-refractivity contribution in [2.75, 3.05) is 27.3 Å². The third-order valence-electron chi connectivity index (χ3n) is 2.73. The summed E-state index contributed by atoms with van der Waals surface area (Å²) in [6, 6.07) is 4.90. The average molecular weight is 292 g/mol. The molecule has 1 rings (SSSR count). The molecule has 6 heteroatoms.